The highest BCUT2D eigenvalue weighted by atomic mass is 32.2. The lowest BCUT2D eigenvalue weighted by Gasteiger charge is -2.27. The van der Waals surface area contributed by atoms with Gasteiger partial charge in [-0.05, 0) is 12.8 Å². The first-order valence-corrected chi connectivity index (χ1v) is 6.54. The predicted molar refractivity (Wildman–Crippen MR) is 56.7 cm³/mol. The standard InChI is InChI=1S/C9H20N2OS/c1-13(12)11-8-9(10)6-4-2-3-5-7-9/h11H,2-8,10H2,1H3. The summed E-state index contributed by atoms with van der Waals surface area (Å²) in [6, 6.07) is 0. The van der Waals surface area contributed by atoms with Gasteiger partial charge in [-0.15, -0.1) is 0 Å². The van der Waals surface area contributed by atoms with Crippen LogP contribution in [0.4, 0.5) is 0 Å². The maximum atomic E-state index is 10.9. The summed E-state index contributed by atoms with van der Waals surface area (Å²) < 4.78 is 13.8. The second kappa shape index (κ2) is 5.08. The summed E-state index contributed by atoms with van der Waals surface area (Å²) in [6.07, 6.45) is 8.82. The average molecular weight is 204 g/mol. The first kappa shape index (κ1) is 11.1. The minimum atomic E-state index is -0.929. The molecular weight excluding hydrogens is 184 g/mol. The van der Waals surface area contributed by atoms with Crippen molar-refractivity contribution in [2.75, 3.05) is 12.8 Å². The Bertz CT molecular complexity index is 176. The molecule has 0 aromatic rings. The van der Waals surface area contributed by atoms with Gasteiger partial charge < -0.3 is 5.73 Å². The van der Waals surface area contributed by atoms with Crippen molar-refractivity contribution < 1.29 is 4.21 Å². The summed E-state index contributed by atoms with van der Waals surface area (Å²) >= 11 is 0. The van der Waals surface area contributed by atoms with E-state index in [0.717, 1.165) is 12.8 Å². The Labute approximate surface area is 83.1 Å². The largest absolute Gasteiger partial charge is 0.324 e. The quantitative estimate of drug-likeness (QED) is 0.672. The number of nitrogens with one attached hydrogen (secondary N) is 1. The van der Waals surface area contributed by atoms with Gasteiger partial charge in [0.25, 0.3) is 0 Å². The molecule has 1 saturated carbocycles. The minimum Gasteiger partial charge on any atom is -0.324 e. The third-order valence-electron chi connectivity index (χ3n) is 2.73. The molecule has 1 fully saturated rings. The highest BCUT2D eigenvalue weighted by molar-refractivity contribution is 7.82. The maximum Gasteiger partial charge on any atom is 0.0884 e. The summed E-state index contributed by atoms with van der Waals surface area (Å²) in [5.74, 6) is 0. The lowest BCUT2D eigenvalue weighted by atomic mass is 9.92. The van der Waals surface area contributed by atoms with E-state index in [-0.39, 0.29) is 5.54 Å². The molecule has 3 nitrogen and oxygen atoms in total. The van der Waals surface area contributed by atoms with Gasteiger partial charge in [0.2, 0.25) is 0 Å². The zero-order valence-electron chi connectivity index (χ0n) is 8.34. The normalized spacial score (nSPS) is 25.1. The molecule has 0 bridgehead atoms. The van der Waals surface area contributed by atoms with Crippen molar-refractivity contribution in [2.24, 2.45) is 5.73 Å². The summed E-state index contributed by atoms with van der Waals surface area (Å²) in [5.41, 5.74) is 6.10. The fourth-order valence-corrected chi connectivity index (χ4v) is 2.35. The van der Waals surface area contributed by atoms with Crippen LogP contribution in [-0.4, -0.2) is 22.5 Å². The van der Waals surface area contributed by atoms with Crippen LogP contribution in [0.3, 0.4) is 0 Å². The highest BCUT2D eigenvalue weighted by Gasteiger charge is 2.25. The van der Waals surface area contributed by atoms with Crippen LogP contribution < -0.4 is 10.5 Å². The Kier molecular flexibility index (Phi) is 4.35. The molecule has 78 valence electrons. The van der Waals surface area contributed by atoms with E-state index >= 15 is 0 Å². The molecule has 0 saturated heterocycles. The molecule has 1 rings (SSSR count). The van der Waals surface area contributed by atoms with E-state index in [9.17, 15) is 4.21 Å². The lowest BCUT2D eigenvalue weighted by molar-refractivity contribution is 0.372. The third-order valence-corrected chi connectivity index (χ3v) is 3.28. The van der Waals surface area contributed by atoms with Crippen LogP contribution >= 0.6 is 0 Å². The monoisotopic (exact) mass is 204 g/mol. The molecular formula is C9H20N2OS. The summed E-state index contributed by atoms with van der Waals surface area (Å²) in [7, 11) is -0.929. The Hall–Kier alpha value is 0.0700. The number of hydrogen-bond donors (Lipinski definition) is 2. The van der Waals surface area contributed by atoms with Crippen molar-refractivity contribution in [1.29, 1.82) is 0 Å². The second-order valence-electron chi connectivity index (χ2n) is 4.05. The van der Waals surface area contributed by atoms with Gasteiger partial charge in [-0.25, -0.2) is 8.93 Å². The molecule has 1 aliphatic rings. The topological polar surface area (TPSA) is 55.1 Å². The van der Waals surface area contributed by atoms with E-state index in [1.165, 1.54) is 25.7 Å². The van der Waals surface area contributed by atoms with Gasteiger partial charge >= 0.3 is 0 Å². The van der Waals surface area contributed by atoms with E-state index in [0.29, 0.717) is 6.54 Å². The zero-order valence-corrected chi connectivity index (χ0v) is 9.16. The molecule has 4 heteroatoms. The van der Waals surface area contributed by atoms with Crippen molar-refractivity contribution in [3.8, 4) is 0 Å². The number of hydrogen-bond acceptors (Lipinski definition) is 2. The zero-order chi connectivity index (χ0) is 9.73. The van der Waals surface area contributed by atoms with E-state index in [1.807, 2.05) is 0 Å². The number of nitrogens with two attached hydrogens (primary N) is 1. The molecule has 1 atom stereocenters. The fraction of sp³-hybridized carbons (Fsp3) is 1.00. The third kappa shape index (κ3) is 4.20. The molecule has 13 heavy (non-hydrogen) atoms. The van der Waals surface area contributed by atoms with Gasteiger partial charge in [-0.2, -0.15) is 0 Å². The lowest BCUT2D eigenvalue weighted by Crippen LogP contribution is -2.48. The van der Waals surface area contributed by atoms with Crippen molar-refractivity contribution >= 4 is 11.0 Å². The van der Waals surface area contributed by atoms with Gasteiger partial charge in [0.1, 0.15) is 0 Å². The molecule has 0 heterocycles. The van der Waals surface area contributed by atoms with E-state index in [2.05, 4.69) is 4.72 Å². The van der Waals surface area contributed by atoms with Crippen molar-refractivity contribution in [1.82, 2.24) is 4.72 Å². The summed E-state index contributed by atoms with van der Waals surface area (Å²) in [5, 5.41) is 0. The van der Waals surface area contributed by atoms with E-state index < -0.39 is 11.0 Å². The molecule has 0 aliphatic heterocycles. The van der Waals surface area contributed by atoms with Crippen LogP contribution in [0.15, 0.2) is 0 Å². The highest BCUT2D eigenvalue weighted by Crippen LogP contribution is 2.24. The molecule has 1 aliphatic carbocycles. The molecule has 0 spiro atoms. The second-order valence-corrected chi connectivity index (χ2v) is 5.25. The predicted octanol–water partition coefficient (Wildman–Crippen LogP) is 0.921. The van der Waals surface area contributed by atoms with Crippen molar-refractivity contribution in [3.63, 3.8) is 0 Å². The Morgan fingerprint density at radius 3 is 2.31 bits per heavy atom. The van der Waals surface area contributed by atoms with Crippen LogP contribution in [0, 0.1) is 0 Å². The molecule has 0 aromatic heterocycles. The minimum absolute atomic E-state index is 0.109. The smallest absolute Gasteiger partial charge is 0.0884 e. The van der Waals surface area contributed by atoms with Crippen LogP contribution in [0.1, 0.15) is 38.5 Å². The maximum absolute atomic E-state index is 10.9. The number of rotatable bonds is 3. The van der Waals surface area contributed by atoms with Crippen LogP contribution in [0.2, 0.25) is 0 Å². The van der Waals surface area contributed by atoms with Crippen molar-refractivity contribution in [3.05, 3.63) is 0 Å². The molecule has 3 N–H and O–H groups in total. The van der Waals surface area contributed by atoms with E-state index in [4.69, 9.17) is 5.73 Å². The summed E-state index contributed by atoms with van der Waals surface area (Å²) in [6.45, 7) is 0.691. The van der Waals surface area contributed by atoms with Gasteiger partial charge in [0.15, 0.2) is 0 Å². The SMILES string of the molecule is CS(=O)NCC1(N)CCCCCC1. The van der Waals surface area contributed by atoms with Crippen LogP contribution in [0.25, 0.3) is 0 Å². The van der Waals surface area contributed by atoms with Gasteiger partial charge in [-0.1, -0.05) is 25.7 Å². The summed E-state index contributed by atoms with van der Waals surface area (Å²) in [4.78, 5) is 0. The molecule has 0 aromatic carbocycles. The Balaban J connectivity index is 2.37. The Morgan fingerprint density at radius 1 is 1.31 bits per heavy atom. The first-order chi connectivity index (χ1) is 6.12. The van der Waals surface area contributed by atoms with Crippen molar-refractivity contribution in [2.45, 2.75) is 44.1 Å². The Morgan fingerprint density at radius 2 is 1.85 bits per heavy atom. The first-order valence-electron chi connectivity index (χ1n) is 4.98. The van der Waals surface area contributed by atoms with E-state index in [1.54, 1.807) is 6.26 Å². The molecule has 0 radical (unpaired) electrons. The molecule has 1 unspecified atom stereocenters. The van der Waals surface area contributed by atoms with Gasteiger partial charge in [-0.3, -0.25) is 0 Å². The van der Waals surface area contributed by atoms with Gasteiger partial charge in [0.05, 0.1) is 11.0 Å². The molecule has 0 amide bonds. The van der Waals surface area contributed by atoms with Crippen LogP contribution in [0.5, 0.6) is 0 Å². The van der Waals surface area contributed by atoms with Gasteiger partial charge in [0, 0.05) is 18.3 Å². The average Bonchev–Trinajstić information content (AvgIpc) is 2.28. The fourth-order valence-electron chi connectivity index (χ4n) is 1.85. The van der Waals surface area contributed by atoms with Crippen LogP contribution in [-0.2, 0) is 11.0 Å².